The molecule has 0 amide bonds. The van der Waals surface area contributed by atoms with Crippen LogP contribution in [0.1, 0.15) is 5.01 Å². The highest BCUT2D eigenvalue weighted by Crippen LogP contribution is 2.30. The number of allylic oxidation sites excluding steroid dienone is 1. The number of halogens is 3. The van der Waals surface area contributed by atoms with Crippen molar-refractivity contribution in [3.63, 3.8) is 0 Å². The summed E-state index contributed by atoms with van der Waals surface area (Å²) in [6, 6.07) is 15.2. The van der Waals surface area contributed by atoms with Gasteiger partial charge in [0.1, 0.15) is 16.6 Å². The van der Waals surface area contributed by atoms with Gasteiger partial charge in [-0.1, -0.05) is 45.2 Å². The molecule has 0 spiro atoms. The monoisotopic (exact) mass is 449 g/mol. The van der Waals surface area contributed by atoms with E-state index in [1.807, 2.05) is 35.7 Å². The zero-order chi connectivity index (χ0) is 17.8. The molecule has 1 N–H and O–H groups in total. The predicted octanol–water partition coefficient (Wildman–Crippen LogP) is 6.86. The number of thiazole rings is 1. The summed E-state index contributed by atoms with van der Waals surface area (Å²) in [6.07, 6.45) is 1.65. The highest BCUT2D eigenvalue weighted by molar-refractivity contribution is 9.10. The average molecular weight is 451 g/mol. The normalized spacial score (nSPS) is 11.2. The average Bonchev–Trinajstić information content (AvgIpc) is 3.09. The zero-order valence-corrected chi connectivity index (χ0v) is 16.5. The van der Waals surface area contributed by atoms with Gasteiger partial charge in [-0.05, 0) is 36.4 Å². The summed E-state index contributed by atoms with van der Waals surface area (Å²) in [5, 5.41) is 16.0. The van der Waals surface area contributed by atoms with Crippen molar-refractivity contribution in [1.82, 2.24) is 4.98 Å². The van der Waals surface area contributed by atoms with E-state index in [9.17, 15) is 5.26 Å². The molecule has 3 aromatic rings. The molecule has 3 rings (SSSR count). The van der Waals surface area contributed by atoms with Crippen molar-refractivity contribution in [2.75, 3.05) is 5.32 Å². The molecule has 25 heavy (non-hydrogen) atoms. The van der Waals surface area contributed by atoms with Crippen LogP contribution in [0.4, 0.5) is 5.69 Å². The lowest BCUT2D eigenvalue weighted by molar-refractivity contribution is 1.36. The number of benzene rings is 2. The Kier molecular flexibility index (Phi) is 5.77. The smallest absolute Gasteiger partial charge is 0.136 e. The second-order valence-electron chi connectivity index (χ2n) is 4.99. The summed E-state index contributed by atoms with van der Waals surface area (Å²) in [4.78, 5) is 4.53. The maximum Gasteiger partial charge on any atom is 0.136 e. The van der Waals surface area contributed by atoms with Crippen molar-refractivity contribution in [3.05, 3.63) is 73.6 Å². The molecule has 0 aliphatic rings. The van der Waals surface area contributed by atoms with Gasteiger partial charge in [0.05, 0.1) is 15.7 Å². The van der Waals surface area contributed by atoms with Gasteiger partial charge in [0.2, 0.25) is 0 Å². The lowest BCUT2D eigenvalue weighted by atomic mass is 10.2. The number of hydrogen-bond donors (Lipinski definition) is 1. The van der Waals surface area contributed by atoms with Crippen molar-refractivity contribution in [1.29, 1.82) is 5.26 Å². The summed E-state index contributed by atoms with van der Waals surface area (Å²) in [7, 11) is 0. The topological polar surface area (TPSA) is 48.7 Å². The third-order valence-corrected chi connectivity index (χ3v) is 5.44. The first-order valence-corrected chi connectivity index (χ1v) is 9.53. The number of nitrogens with zero attached hydrogens (tertiary/aromatic N) is 2. The molecule has 0 fully saturated rings. The Balaban J connectivity index is 1.83. The van der Waals surface area contributed by atoms with Gasteiger partial charge in [0.15, 0.2) is 0 Å². The van der Waals surface area contributed by atoms with E-state index in [4.69, 9.17) is 23.2 Å². The molecule has 0 unspecified atom stereocenters. The van der Waals surface area contributed by atoms with E-state index in [1.165, 1.54) is 11.3 Å². The third kappa shape index (κ3) is 4.42. The Morgan fingerprint density at radius 3 is 2.60 bits per heavy atom. The molecular formula is C18H10BrCl2N3S. The van der Waals surface area contributed by atoms with E-state index in [1.54, 1.807) is 18.3 Å². The van der Waals surface area contributed by atoms with Gasteiger partial charge in [0.25, 0.3) is 0 Å². The Hall–Kier alpha value is -1.84. The maximum absolute atomic E-state index is 9.42. The van der Waals surface area contributed by atoms with Crippen LogP contribution in [0.5, 0.6) is 0 Å². The van der Waals surface area contributed by atoms with Crippen molar-refractivity contribution >= 4 is 61.7 Å². The van der Waals surface area contributed by atoms with E-state index in [2.05, 4.69) is 32.3 Å². The largest absolute Gasteiger partial charge is 0.360 e. The number of hydrogen-bond acceptors (Lipinski definition) is 4. The van der Waals surface area contributed by atoms with Crippen LogP contribution in [0.3, 0.4) is 0 Å². The van der Waals surface area contributed by atoms with Crippen molar-refractivity contribution in [2.24, 2.45) is 0 Å². The van der Waals surface area contributed by atoms with Crippen LogP contribution in [0.2, 0.25) is 10.0 Å². The van der Waals surface area contributed by atoms with E-state index >= 15 is 0 Å². The molecule has 3 nitrogen and oxygen atoms in total. The second kappa shape index (κ2) is 8.03. The summed E-state index contributed by atoms with van der Waals surface area (Å²) in [5.41, 5.74) is 2.95. The SMILES string of the molecule is N#C/C(=C/Nc1ccc(Br)cc1)c1nc(-c2ccc(Cl)c(Cl)c2)cs1. The van der Waals surface area contributed by atoms with Gasteiger partial charge in [-0.2, -0.15) is 5.26 Å². The molecule has 0 radical (unpaired) electrons. The summed E-state index contributed by atoms with van der Waals surface area (Å²) in [6.45, 7) is 0. The maximum atomic E-state index is 9.42. The highest BCUT2D eigenvalue weighted by Gasteiger charge is 2.10. The fourth-order valence-corrected chi connectivity index (χ4v) is 3.39. The number of nitriles is 1. The third-order valence-electron chi connectivity index (χ3n) is 3.30. The number of aromatic nitrogens is 1. The molecule has 7 heteroatoms. The first-order valence-electron chi connectivity index (χ1n) is 7.10. The standard InChI is InChI=1S/C18H10BrCl2N3S/c19-13-2-4-14(5-3-13)23-9-12(8-22)18-24-17(10-25-18)11-1-6-15(20)16(21)7-11/h1-7,9-10,23H/b12-9-. The molecule has 0 aliphatic heterocycles. The van der Waals surface area contributed by atoms with E-state index < -0.39 is 0 Å². The van der Waals surface area contributed by atoms with Crippen LogP contribution in [-0.2, 0) is 0 Å². The van der Waals surface area contributed by atoms with Crippen LogP contribution in [0.15, 0.2) is 58.5 Å². The Labute approximate surface area is 167 Å². The van der Waals surface area contributed by atoms with Gasteiger partial charge >= 0.3 is 0 Å². The minimum Gasteiger partial charge on any atom is -0.360 e. The minimum absolute atomic E-state index is 0.458. The van der Waals surface area contributed by atoms with Gasteiger partial charge in [-0.15, -0.1) is 11.3 Å². The summed E-state index contributed by atoms with van der Waals surface area (Å²) < 4.78 is 0.994. The summed E-state index contributed by atoms with van der Waals surface area (Å²) >= 11 is 16.8. The molecule has 2 aromatic carbocycles. The number of nitrogens with one attached hydrogen (secondary N) is 1. The van der Waals surface area contributed by atoms with Gasteiger partial charge in [0, 0.05) is 27.3 Å². The zero-order valence-electron chi connectivity index (χ0n) is 12.6. The van der Waals surface area contributed by atoms with Crippen LogP contribution >= 0.6 is 50.5 Å². The molecule has 0 aliphatic carbocycles. The highest BCUT2D eigenvalue weighted by atomic mass is 79.9. The van der Waals surface area contributed by atoms with Crippen molar-refractivity contribution in [2.45, 2.75) is 0 Å². The van der Waals surface area contributed by atoms with Gasteiger partial charge in [-0.3, -0.25) is 0 Å². The number of rotatable bonds is 4. The fraction of sp³-hybridized carbons (Fsp3) is 0. The molecule has 0 saturated carbocycles. The molecule has 0 bridgehead atoms. The quantitative estimate of drug-likeness (QED) is 0.441. The van der Waals surface area contributed by atoms with Crippen LogP contribution in [0.25, 0.3) is 16.8 Å². The van der Waals surface area contributed by atoms with Crippen LogP contribution < -0.4 is 5.32 Å². The first kappa shape index (κ1) is 18.0. The molecule has 1 aromatic heterocycles. The molecule has 0 saturated heterocycles. The molecular weight excluding hydrogens is 441 g/mol. The Morgan fingerprint density at radius 1 is 1.16 bits per heavy atom. The predicted molar refractivity (Wildman–Crippen MR) is 109 cm³/mol. The van der Waals surface area contributed by atoms with Crippen LogP contribution in [-0.4, -0.2) is 4.98 Å². The van der Waals surface area contributed by atoms with Crippen molar-refractivity contribution in [3.8, 4) is 17.3 Å². The number of anilines is 1. The fourth-order valence-electron chi connectivity index (χ4n) is 2.03. The van der Waals surface area contributed by atoms with E-state index in [0.29, 0.717) is 20.6 Å². The second-order valence-corrected chi connectivity index (χ2v) is 7.58. The van der Waals surface area contributed by atoms with E-state index in [-0.39, 0.29) is 0 Å². The van der Waals surface area contributed by atoms with Crippen LogP contribution in [0, 0.1) is 11.3 Å². The first-order chi connectivity index (χ1) is 12.1. The minimum atomic E-state index is 0.458. The molecule has 124 valence electrons. The van der Waals surface area contributed by atoms with Gasteiger partial charge < -0.3 is 5.32 Å². The lowest BCUT2D eigenvalue weighted by Crippen LogP contribution is -1.90. The Morgan fingerprint density at radius 2 is 1.92 bits per heavy atom. The van der Waals surface area contributed by atoms with E-state index in [0.717, 1.165) is 21.4 Å². The van der Waals surface area contributed by atoms with Gasteiger partial charge in [-0.25, -0.2) is 4.98 Å². The summed E-state index contributed by atoms with van der Waals surface area (Å²) in [5.74, 6) is 0. The van der Waals surface area contributed by atoms with Crippen molar-refractivity contribution < 1.29 is 0 Å². The molecule has 0 atom stereocenters. The lowest BCUT2D eigenvalue weighted by Gasteiger charge is -2.01. The Bertz CT molecular complexity index is 975. The molecule has 1 heterocycles.